The first-order valence-corrected chi connectivity index (χ1v) is 12.7. The number of hydrogen-bond acceptors (Lipinski definition) is 5. The van der Waals surface area contributed by atoms with Crippen molar-refractivity contribution in [2.24, 2.45) is 0 Å². The normalized spacial score (nSPS) is 17.8. The highest BCUT2D eigenvalue weighted by Gasteiger charge is 2.31. The number of rotatable bonds is 4. The van der Waals surface area contributed by atoms with Crippen LogP contribution in [0, 0.1) is 13.8 Å². The van der Waals surface area contributed by atoms with Gasteiger partial charge in [-0.05, 0) is 56.7 Å². The van der Waals surface area contributed by atoms with E-state index in [1.54, 1.807) is 10.6 Å². The van der Waals surface area contributed by atoms with Crippen LogP contribution >= 0.6 is 0 Å². The number of hydrogen-bond donors (Lipinski definition) is 0. The van der Waals surface area contributed by atoms with Gasteiger partial charge in [0.2, 0.25) is 0 Å². The molecule has 0 amide bonds. The molecule has 1 aliphatic rings. The Morgan fingerprint density at radius 1 is 1.00 bits per heavy atom. The van der Waals surface area contributed by atoms with Gasteiger partial charge in [0.15, 0.2) is 9.84 Å². The number of sulfone groups is 1. The van der Waals surface area contributed by atoms with E-state index in [4.69, 9.17) is 4.98 Å². The molecule has 0 N–H and O–H groups in total. The summed E-state index contributed by atoms with van der Waals surface area (Å²) in [6.45, 7) is 3.85. The highest BCUT2D eigenvalue weighted by atomic mass is 32.2. The smallest absolute Gasteiger partial charge is 0.266 e. The summed E-state index contributed by atoms with van der Waals surface area (Å²) < 4.78 is 27.3. The minimum Gasteiger partial charge on any atom is -0.268 e. The Hall–Kier alpha value is -3.52. The second kappa shape index (κ2) is 8.12. The Bertz CT molecular complexity index is 1550. The molecule has 7 nitrogen and oxygen atoms in total. The minimum atomic E-state index is -3.01. The van der Waals surface area contributed by atoms with Crippen molar-refractivity contribution in [1.29, 1.82) is 0 Å². The minimum absolute atomic E-state index is 0.123. The number of nitrogens with zero attached hydrogens (tertiary/aromatic N) is 4. The summed E-state index contributed by atoms with van der Waals surface area (Å²) in [5.74, 6) is 0.837. The van der Waals surface area contributed by atoms with Crippen LogP contribution < -0.4 is 5.56 Å². The van der Waals surface area contributed by atoms with Gasteiger partial charge in [-0.15, -0.1) is 0 Å². The van der Waals surface area contributed by atoms with E-state index in [1.165, 1.54) is 0 Å². The molecule has 0 spiro atoms. The van der Waals surface area contributed by atoms with Gasteiger partial charge in [-0.2, -0.15) is 5.10 Å². The molecule has 168 valence electrons. The summed E-state index contributed by atoms with van der Waals surface area (Å²) in [6, 6.07) is 16.6. The average molecular weight is 461 g/mol. The van der Waals surface area contributed by atoms with Gasteiger partial charge in [0.1, 0.15) is 5.82 Å². The lowest BCUT2D eigenvalue weighted by Crippen LogP contribution is -2.22. The monoisotopic (exact) mass is 460 g/mol. The maximum absolute atomic E-state index is 13.3. The van der Waals surface area contributed by atoms with Crippen LogP contribution in [0.4, 0.5) is 0 Å². The zero-order valence-corrected chi connectivity index (χ0v) is 19.3. The third-order valence-corrected chi connectivity index (χ3v) is 7.90. The fourth-order valence-corrected chi connectivity index (χ4v) is 6.18. The average Bonchev–Trinajstić information content (AvgIpc) is 3.30. The Labute approximate surface area is 191 Å². The molecule has 2 aromatic heterocycles. The van der Waals surface area contributed by atoms with Gasteiger partial charge < -0.3 is 0 Å². The van der Waals surface area contributed by atoms with Crippen LogP contribution in [-0.2, 0) is 9.84 Å². The van der Waals surface area contributed by atoms with Gasteiger partial charge in [-0.1, -0.05) is 30.3 Å². The quantitative estimate of drug-likeness (QED) is 0.463. The number of aryl methyl sites for hydroxylation is 1. The molecule has 0 bridgehead atoms. The maximum Gasteiger partial charge on any atom is 0.266 e. The molecule has 0 saturated carbocycles. The van der Waals surface area contributed by atoms with Crippen LogP contribution in [0.15, 0.2) is 59.4 Å². The summed E-state index contributed by atoms with van der Waals surface area (Å²) in [4.78, 5) is 18.1. The van der Waals surface area contributed by atoms with Crippen LogP contribution in [0.5, 0.6) is 0 Å². The van der Waals surface area contributed by atoms with E-state index < -0.39 is 9.84 Å². The fraction of sp³-hybridized carbons (Fsp3) is 0.240. The summed E-state index contributed by atoms with van der Waals surface area (Å²) in [7, 11) is -3.01. The molecule has 33 heavy (non-hydrogen) atoms. The van der Waals surface area contributed by atoms with Crippen molar-refractivity contribution in [3.8, 4) is 5.69 Å². The highest BCUT2D eigenvalue weighted by Crippen LogP contribution is 2.27. The molecule has 1 fully saturated rings. The Morgan fingerprint density at radius 2 is 1.73 bits per heavy atom. The van der Waals surface area contributed by atoms with Gasteiger partial charge in [-0.25, -0.2) is 13.4 Å². The SMILES string of the molecule is Cc1nn(C2CCS(=O)(=O)C2)c(C)c1/C=C/c1nc2ccccc2c(=O)n1-c1ccccc1. The van der Waals surface area contributed by atoms with Crippen LogP contribution in [0.2, 0.25) is 0 Å². The first-order chi connectivity index (χ1) is 15.8. The fourth-order valence-electron chi connectivity index (χ4n) is 4.49. The van der Waals surface area contributed by atoms with E-state index in [0.717, 1.165) is 22.6 Å². The largest absolute Gasteiger partial charge is 0.268 e. The van der Waals surface area contributed by atoms with E-state index >= 15 is 0 Å². The number of para-hydroxylation sites is 2. The lowest BCUT2D eigenvalue weighted by Gasteiger charge is -2.12. The van der Waals surface area contributed by atoms with Crippen LogP contribution in [0.25, 0.3) is 28.7 Å². The lowest BCUT2D eigenvalue weighted by molar-refractivity contribution is 0.486. The molecule has 5 rings (SSSR count). The first-order valence-electron chi connectivity index (χ1n) is 10.9. The number of fused-ring (bicyclic) bond motifs is 1. The van der Waals surface area contributed by atoms with Crippen molar-refractivity contribution in [2.45, 2.75) is 26.3 Å². The first kappa shape index (κ1) is 21.3. The number of benzene rings is 2. The topological polar surface area (TPSA) is 86.8 Å². The molecular weight excluding hydrogens is 436 g/mol. The number of aromatic nitrogens is 4. The summed E-state index contributed by atoms with van der Waals surface area (Å²) >= 11 is 0. The van der Waals surface area contributed by atoms with Gasteiger partial charge in [-0.3, -0.25) is 14.0 Å². The molecule has 8 heteroatoms. The molecule has 1 saturated heterocycles. The van der Waals surface area contributed by atoms with Crippen molar-refractivity contribution < 1.29 is 8.42 Å². The Morgan fingerprint density at radius 3 is 2.45 bits per heavy atom. The molecule has 0 aliphatic carbocycles. The second-order valence-electron chi connectivity index (χ2n) is 8.38. The van der Waals surface area contributed by atoms with Gasteiger partial charge in [0, 0.05) is 11.3 Å². The lowest BCUT2D eigenvalue weighted by atomic mass is 10.1. The summed E-state index contributed by atoms with van der Waals surface area (Å²) in [6.07, 6.45) is 4.31. The second-order valence-corrected chi connectivity index (χ2v) is 10.6. The van der Waals surface area contributed by atoms with Gasteiger partial charge >= 0.3 is 0 Å². The summed E-state index contributed by atoms with van der Waals surface area (Å²) in [5.41, 5.74) is 3.85. The maximum atomic E-state index is 13.3. The van der Waals surface area contributed by atoms with Gasteiger partial charge in [0.25, 0.3) is 5.56 Å². The third kappa shape index (κ3) is 3.91. The Balaban J connectivity index is 1.62. The van der Waals surface area contributed by atoms with Crippen molar-refractivity contribution in [3.63, 3.8) is 0 Å². The molecule has 1 atom stereocenters. The van der Waals surface area contributed by atoms with E-state index in [-0.39, 0.29) is 23.1 Å². The van der Waals surface area contributed by atoms with Crippen molar-refractivity contribution in [3.05, 3.63) is 87.7 Å². The third-order valence-electron chi connectivity index (χ3n) is 6.15. The molecule has 1 unspecified atom stereocenters. The zero-order chi connectivity index (χ0) is 23.2. The Kier molecular flexibility index (Phi) is 5.25. The molecular formula is C25H24N4O3S. The van der Waals surface area contributed by atoms with E-state index in [1.807, 2.05) is 79.2 Å². The zero-order valence-electron chi connectivity index (χ0n) is 18.5. The molecule has 4 aromatic rings. The molecule has 1 aliphatic heterocycles. The molecule has 3 heterocycles. The standard InChI is InChI=1S/C25H24N4O3S/c1-17-21(18(2)29(27-17)20-14-15-33(31,32)16-20)12-13-24-26-23-11-7-6-10-22(23)25(30)28(24)19-8-4-3-5-9-19/h3-13,20H,14-16H2,1-2H3/b13-12+. The molecule has 2 aromatic carbocycles. The van der Waals surface area contributed by atoms with Crippen LogP contribution in [-0.4, -0.2) is 39.3 Å². The van der Waals surface area contributed by atoms with E-state index in [2.05, 4.69) is 5.10 Å². The van der Waals surface area contributed by atoms with Crippen molar-refractivity contribution in [1.82, 2.24) is 19.3 Å². The predicted molar refractivity (Wildman–Crippen MR) is 130 cm³/mol. The van der Waals surface area contributed by atoms with Crippen molar-refractivity contribution in [2.75, 3.05) is 11.5 Å². The van der Waals surface area contributed by atoms with Crippen molar-refractivity contribution >= 4 is 32.9 Å². The van der Waals surface area contributed by atoms with Crippen LogP contribution in [0.3, 0.4) is 0 Å². The van der Waals surface area contributed by atoms with E-state index in [0.29, 0.717) is 23.1 Å². The highest BCUT2D eigenvalue weighted by molar-refractivity contribution is 7.91. The summed E-state index contributed by atoms with van der Waals surface area (Å²) in [5, 5.41) is 5.19. The van der Waals surface area contributed by atoms with Crippen LogP contribution in [0.1, 0.15) is 35.2 Å². The van der Waals surface area contributed by atoms with Gasteiger partial charge in [0.05, 0.1) is 39.8 Å². The van der Waals surface area contributed by atoms with E-state index in [9.17, 15) is 13.2 Å². The predicted octanol–water partition coefficient (Wildman–Crippen LogP) is 3.73. The molecule has 0 radical (unpaired) electrons.